The molecule has 0 unspecified atom stereocenters. The number of thiophene rings is 1. The first kappa shape index (κ1) is 18.4. The Morgan fingerprint density at radius 2 is 2.15 bits per heavy atom. The van der Waals surface area contributed by atoms with E-state index in [-0.39, 0.29) is 11.5 Å². The summed E-state index contributed by atoms with van der Waals surface area (Å²) >= 11 is 1.59. The number of carbonyl (C=O) groups is 1. The van der Waals surface area contributed by atoms with Gasteiger partial charge in [-0.1, -0.05) is 12.2 Å². The molecule has 2 aromatic heterocycles. The zero-order valence-corrected chi connectivity index (χ0v) is 16.8. The summed E-state index contributed by atoms with van der Waals surface area (Å²) < 4.78 is 0. The lowest BCUT2D eigenvalue weighted by Crippen LogP contribution is -3.13. The second-order valence-electron chi connectivity index (χ2n) is 7.75. The Morgan fingerprint density at radius 3 is 2.85 bits per heavy atom. The zero-order valence-electron chi connectivity index (χ0n) is 16.0. The fourth-order valence-corrected chi connectivity index (χ4v) is 5.14. The SMILES string of the molecule is Cc1sc2nc(C[NH+]3CCN(C(=O)C[C@@H]4C=CCC4)CC3)[nH]c(=O)c2c1C. The van der Waals surface area contributed by atoms with Gasteiger partial charge in [0.25, 0.3) is 5.56 Å². The van der Waals surface area contributed by atoms with Crippen molar-refractivity contribution in [2.45, 2.75) is 39.7 Å². The highest BCUT2D eigenvalue weighted by molar-refractivity contribution is 7.18. The minimum Gasteiger partial charge on any atom is -0.331 e. The lowest BCUT2D eigenvalue weighted by atomic mass is 10.0. The highest BCUT2D eigenvalue weighted by Crippen LogP contribution is 2.25. The minimum absolute atomic E-state index is 0.0327. The van der Waals surface area contributed by atoms with Gasteiger partial charge in [-0.25, -0.2) is 4.98 Å². The van der Waals surface area contributed by atoms with Crippen LogP contribution in [0.15, 0.2) is 16.9 Å². The molecule has 0 bridgehead atoms. The summed E-state index contributed by atoms with van der Waals surface area (Å²) in [5.41, 5.74) is 1.00. The highest BCUT2D eigenvalue weighted by atomic mass is 32.1. The third-order valence-electron chi connectivity index (χ3n) is 5.88. The number of hydrogen-bond acceptors (Lipinski definition) is 4. The van der Waals surface area contributed by atoms with E-state index in [1.54, 1.807) is 11.3 Å². The van der Waals surface area contributed by atoms with Gasteiger partial charge in [0, 0.05) is 11.3 Å². The Balaban J connectivity index is 1.36. The molecule has 2 N–H and O–H groups in total. The summed E-state index contributed by atoms with van der Waals surface area (Å²) in [5, 5.41) is 0.729. The molecular weight excluding hydrogens is 360 g/mol. The molecule has 6 nitrogen and oxygen atoms in total. The molecule has 2 aliphatic rings. The number of allylic oxidation sites excluding steroid dienone is 2. The van der Waals surface area contributed by atoms with Crippen LogP contribution in [0.5, 0.6) is 0 Å². The number of hydrogen-bond donors (Lipinski definition) is 2. The number of nitrogens with one attached hydrogen (secondary N) is 2. The zero-order chi connectivity index (χ0) is 19.0. The van der Waals surface area contributed by atoms with E-state index in [1.807, 2.05) is 18.7 Å². The van der Waals surface area contributed by atoms with E-state index in [4.69, 9.17) is 0 Å². The van der Waals surface area contributed by atoms with Crippen LogP contribution in [0.3, 0.4) is 0 Å². The number of nitrogens with zero attached hydrogens (tertiary/aromatic N) is 2. The smallest absolute Gasteiger partial charge is 0.260 e. The predicted octanol–water partition coefficient (Wildman–Crippen LogP) is 1.18. The standard InChI is InChI=1S/C20H26N4O2S/c1-13-14(2)27-20-18(13)19(26)21-16(22-20)12-23-7-9-24(10-8-23)17(25)11-15-5-3-4-6-15/h3,5,15H,4,6-12H2,1-2H3,(H,21,22,26)/p+1/t15-/m1/s1. The summed E-state index contributed by atoms with van der Waals surface area (Å²) in [5.74, 6) is 1.46. The first-order valence-electron chi connectivity index (χ1n) is 9.78. The summed E-state index contributed by atoms with van der Waals surface area (Å²) in [6.45, 7) is 8.08. The molecule has 1 atom stereocenters. The van der Waals surface area contributed by atoms with Crippen molar-refractivity contribution in [2.75, 3.05) is 26.2 Å². The average molecular weight is 388 g/mol. The van der Waals surface area contributed by atoms with E-state index in [2.05, 4.69) is 22.1 Å². The Hall–Kier alpha value is -1.99. The first-order valence-corrected chi connectivity index (χ1v) is 10.6. The fraction of sp³-hybridized carbons (Fsp3) is 0.550. The lowest BCUT2D eigenvalue weighted by molar-refractivity contribution is -0.918. The van der Waals surface area contributed by atoms with Crippen LogP contribution in [0.4, 0.5) is 0 Å². The summed E-state index contributed by atoms with van der Waals surface area (Å²) in [4.78, 5) is 37.9. The largest absolute Gasteiger partial charge is 0.331 e. The van der Waals surface area contributed by atoms with Gasteiger partial charge in [-0.2, -0.15) is 0 Å². The van der Waals surface area contributed by atoms with Crippen LogP contribution in [0.1, 0.15) is 35.5 Å². The maximum atomic E-state index is 12.5. The molecule has 3 heterocycles. The molecule has 7 heteroatoms. The Kier molecular flexibility index (Phi) is 5.14. The monoisotopic (exact) mass is 387 g/mol. The van der Waals surface area contributed by atoms with Gasteiger partial charge in [-0.05, 0) is 38.2 Å². The van der Waals surface area contributed by atoms with Crippen molar-refractivity contribution in [1.82, 2.24) is 14.9 Å². The predicted molar refractivity (Wildman–Crippen MR) is 107 cm³/mol. The first-order chi connectivity index (χ1) is 13.0. The van der Waals surface area contributed by atoms with Crippen LogP contribution in [0.25, 0.3) is 10.2 Å². The van der Waals surface area contributed by atoms with Gasteiger partial charge in [-0.3, -0.25) is 9.59 Å². The van der Waals surface area contributed by atoms with Gasteiger partial charge in [0.2, 0.25) is 5.91 Å². The van der Waals surface area contributed by atoms with E-state index in [0.29, 0.717) is 18.9 Å². The average Bonchev–Trinajstić information content (AvgIpc) is 3.24. The number of piperazine rings is 1. The Morgan fingerprint density at radius 1 is 1.37 bits per heavy atom. The van der Waals surface area contributed by atoms with E-state index in [9.17, 15) is 9.59 Å². The second kappa shape index (κ2) is 7.56. The number of aryl methyl sites for hydroxylation is 2. The third kappa shape index (κ3) is 3.84. The molecule has 27 heavy (non-hydrogen) atoms. The number of H-pyrrole nitrogens is 1. The molecule has 1 aliphatic carbocycles. The molecule has 0 spiro atoms. The summed E-state index contributed by atoms with van der Waals surface area (Å²) in [6, 6.07) is 0. The van der Waals surface area contributed by atoms with Gasteiger partial charge in [0.1, 0.15) is 11.4 Å². The number of amides is 1. The van der Waals surface area contributed by atoms with Crippen LogP contribution in [0, 0.1) is 19.8 Å². The van der Waals surface area contributed by atoms with Crippen molar-refractivity contribution in [3.8, 4) is 0 Å². The molecule has 1 saturated heterocycles. The van der Waals surface area contributed by atoms with Crippen molar-refractivity contribution in [2.24, 2.45) is 5.92 Å². The molecule has 2 aromatic rings. The van der Waals surface area contributed by atoms with Crippen molar-refractivity contribution in [3.05, 3.63) is 38.8 Å². The quantitative estimate of drug-likeness (QED) is 0.774. The molecule has 4 rings (SSSR count). The molecule has 1 aliphatic heterocycles. The van der Waals surface area contributed by atoms with Gasteiger partial charge in [0.15, 0.2) is 5.82 Å². The molecule has 0 saturated carbocycles. The topological polar surface area (TPSA) is 70.5 Å². The fourth-order valence-electron chi connectivity index (χ4n) is 4.09. The number of rotatable bonds is 4. The van der Waals surface area contributed by atoms with Crippen molar-refractivity contribution >= 4 is 27.5 Å². The van der Waals surface area contributed by atoms with Crippen molar-refractivity contribution < 1.29 is 9.69 Å². The van der Waals surface area contributed by atoms with E-state index in [1.165, 1.54) is 4.90 Å². The molecular formula is C20H27N4O2S+. The van der Waals surface area contributed by atoms with Crippen molar-refractivity contribution in [3.63, 3.8) is 0 Å². The molecule has 144 valence electrons. The normalized spacial score (nSPS) is 20.7. The van der Waals surface area contributed by atoms with Crippen LogP contribution in [-0.2, 0) is 11.3 Å². The maximum Gasteiger partial charge on any atom is 0.260 e. The summed E-state index contributed by atoms with van der Waals surface area (Å²) in [7, 11) is 0. The van der Waals surface area contributed by atoms with Gasteiger partial charge in [-0.15, -0.1) is 11.3 Å². The van der Waals surface area contributed by atoms with Gasteiger partial charge < -0.3 is 14.8 Å². The molecule has 1 fully saturated rings. The maximum absolute atomic E-state index is 12.5. The Bertz CT molecular complexity index is 937. The minimum atomic E-state index is -0.0327. The van der Waals surface area contributed by atoms with Crippen molar-refractivity contribution in [1.29, 1.82) is 0 Å². The number of aromatic nitrogens is 2. The molecule has 0 aromatic carbocycles. The van der Waals surface area contributed by atoms with Gasteiger partial charge in [0.05, 0.1) is 31.6 Å². The van der Waals surface area contributed by atoms with E-state index in [0.717, 1.165) is 65.5 Å². The van der Waals surface area contributed by atoms with Gasteiger partial charge >= 0.3 is 0 Å². The van der Waals surface area contributed by atoms with Crippen LogP contribution in [-0.4, -0.2) is 47.0 Å². The second-order valence-corrected chi connectivity index (χ2v) is 8.96. The number of aromatic amines is 1. The summed E-state index contributed by atoms with van der Waals surface area (Å²) in [6.07, 6.45) is 7.23. The van der Waals surface area contributed by atoms with Crippen LogP contribution in [0.2, 0.25) is 0 Å². The number of carbonyl (C=O) groups excluding carboxylic acids is 1. The number of quaternary nitrogens is 1. The Labute approximate surface area is 162 Å². The van der Waals surface area contributed by atoms with E-state index < -0.39 is 0 Å². The number of fused-ring (bicyclic) bond motifs is 1. The highest BCUT2D eigenvalue weighted by Gasteiger charge is 2.26. The van der Waals surface area contributed by atoms with Crippen LogP contribution >= 0.6 is 11.3 Å². The molecule has 1 amide bonds. The van der Waals surface area contributed by atoms with E-state index >= 15 is 0 Å². The third-order valence-corrected chi connectivity index (χ3v) is 6.98. The molecule has 0 radical (unpaired) electrons. The van der Waals surface area contributed by atoms with Crippen LogP contribution < -0.4 is 10.5 Å². The lowest BCUT2D eigenvalue weighted by Gasteiger charge is -2.32.